The van der Waals surface area contributed by atoms with E-state index in [-0.39, 0.29) is 25.5 Å². The molecule has 2 aliphatic rings. The zero-order valence-electron chi connectivity index (χ0n) is 14.7. The number of nitrogens with zero attached hydrogens (tertiary/aromatic N) is 1. The van der Waals surface area contributed by atoms with Crippen molar-refractivity contribution < 1.29 is 20.1 Å². The second-order valence-electron chi connectivity index (χ2n) is 8.28. The van der Waals surface area contributed by atoms with Crippen molar-refractivity contribution in [3.8, 4) is 0 Å². The van der Waals surface area contributed by atoms with Crippen LogP contribution in [0.5, 0.6) is 0 Å². The first-order chi connectivity index (χ1) is 10.9. The third kappa shape index (κ3) is 1.67. The largest absolute Gasteiger partial charge is 0.304 e. The molecule has 1 nitrogen and oxygen atoms in total. The molecule has 0 spiro atoms. The van der Waals surface area contributed by atoms with Crippen LogP contribution in [0.15, 0.2) is 30.5 Å². The van der Waals surface area contributed by atoms with Crippen LogP contribution >= 0.6 is 0 Å². The molecule has 1 saturated carbocycles. The van der Waals surface area contributed by atoms with Gasteiger partial charge in [0, 0.05) is 26.3 Å². The van der Waals surface area contributed by atoms with Crippen LogP contribution in [0.1, 0.15) is 56.2 Å². The van der Waals surface area contributed by atoms with E-state index in [0.29, 0.717) is 11.3 Å². The Hall–Kier alpha value is -1.24. The average Bonchev–Trinajstić information content (AvgIpc) is 2.87. The molecule has 2 bridgehead atoms. The normalized spacial score (nSPS) is 26.6. The molecule has 5 rings (SSSR count). The fourth-order valence-corrected chi connectivity index (χ4v) is 5.51. The van der Waals surface area contributed by atoms with Crippen molar-refractivity contribution in [1.82, 2.24) is 4.98 Å². The summed E-state index contributed by atoms with van der Waals surface area (Å²) in [7, 11) is 0. The first-order valence-corrected chi connectivity index (χ1v) is 8.68. The molecule has 24 heavy (non-hydrogen) atoms. The van der Waals surface area contributed by atoms with Gasteiger partial charge in [-0.15, -0.1) is 35.0 Å². The Balaban J connectivity index is 0.00000146. The van der Waals surface area contributed by atoms with Crippen molar-refractivity contribution in [3.05, 3.63) is 53.2 Å². The molecule has 0 amide bonds. The molecule has 1 heterocycles. The van der Waals surface area contributed by atoms with Crippen molar-refractivity contribution in [2.75, 3.05) is 0 Å². The van der Waals surface area contributed by atoms with E-state index in [2.05, 4.69) is 58.2 Å². The molecule has 1 fully saturated rings. The predicted octanol–water partition coefficient (Wildman–Crippen LogP) is 5.67. The van der Waals surface area contributed by atoms with Gasteiger partial charge in [0.25, 0.3) is 0 Å². The Labute approximate surface area is 157 Å². The van der Waals surface area contributed by atoms with Crippen LogP contribution in [0.2, 0.25) is 0 Å². The van der Waals surface area contributed by atoms with E-state index < -0.39 is 0 Å². The fraction of sp³-hybridized carbons (Fsp3) is 0.409. The molecule has 3 aromatic rings. The summed E-state index contributed by atoms with van der Waals surface area (Å²) in [5, 5.41) is 3.82. The van der Waals surface area contributed by atoms with Gasteiger partial charge >= 0.3 is 0 Å². The third-order valence-corrected chi connectivity index (χ3v) is 7.18. The van der Waals surface area contributed by atoms with Gasteiger partial charge in [-0.3, -0.25) is 0 Å². The topological polar surface area (TPSA) is 12.9 Å². The Bertz CT molecular complexity index is 988. The van der Waals surface area contributed by atoms with Gasteiger partial charge in [0.1, 0.15) is 0 Å². The van der Waals surface area contributed by atoms with Crippen LogP contribution in [0.4, 0.5) is 0 Å². The zero-order valence-corrected chi connectivity index (χ0v) is 17.1. The van der Waals surface area contributed by atoms with Crippen LogP contribution < -0.4 is 0 Å². The molecule has 2 heteroatoms. The number of aryl methyl sites for hydroxylation is 1. The summed E-state index contributed by atoms with van der Waals surface area (Å²) in [4.78, 5) is 4.91. The van der Waals surface area contributed by atoms with Crippen molar-refractivity contribution in [2.24, 2.45) is 5.41 Å². The molecule has 125 valence electrons. The molecule has 0 aliphatic heterocycles. The van der Waals surface area contributed by atoms with E-state index in [1.807, 2.05) is 6.07 Å². The molecular weight excluding hydrogens is 470 g/mol. The Morgan fingerprint density at radius 2 is 2.00 bits per heavy atom. The van der Waals surface area contributed by atoms with Gasteiger partial charge in [0.15, 0.2) is 0 Å². The standard InChI is InChI=1S/C22H22N.Ir/c1-13-11-16-19-17(18-9-10-22(19,4)21(18,2)3)12-23-20(16)15-8-6-5-7-14(13)15;/h5-7,11-12,18H,9-10H2,1-4H3;/q-1;/t18-,22+;/m1./s1. The van der Waals surface area contributed by atoms with E-state index >= 15 is 0 Å². The molecule has 2 aromatic carbocycles. The summed E-state index contributed by atoms with van der Waals surface area (Å²) in [6.07, 6.45) is 4.78. The number of fused-ring (bicyclic) bond motifs is 9. The van der Waals surface area contributed by atoms with Crippen molar-refractivity contribution in [2.45, 2.75) is 51.9 Å². The van der Waals surface area contributed by atoms with Gasteiger partial charge < -0.3 is 4.98 Å². The summed E-state index contributed by atoms with van der Waals surface area (Å²) in [6.45, 7) is 9.61. The molecule has 0 unspecified atom stereocenters. The smallest absolute Gasteiger partial charge is 0.0199 e. The van der Waals surface area contributed by atoms with E-state index in [1.165, 1.54) is 40.1 Å². The minimum Gasteiger partial charge on any atom is -0.304 e. The van der Waals surface area contributed by atoms with E-state index in [9.17, 15) is 0 Å². The average molecular weight is 493 g/mol. The number of hydrogen-bond donors (Lipinski definition) is 0. The first kappa shape index (κ1) is 16.2. The quantitative estimate of drug-likeness (QED) is 0.291. The minimum atomic E-state index is 0. The van der Waals surface area contributed by atoms with E-state index in [4.69, 9.17) is 4.98 Å². The summed E-state index contributed by atoms with van der Waals surface area (Å²) in [6, 6.07) is 12.1. The summed E-state index contributed by atoms with van der Waals surface area (Å²) < 4.78 is 0. The van der Waals surface area contributed by atoms with Crippen molar-refractivity contribution >= 4 is 21.7 Å². The monoisotopic (exact) mass is 493 g/mol. The SMILES string of the molecule is Cc1cc2c3c(cnc2c2[c-]cccc12)[C@H]1CC[C@]3(C)C1(C)C.[Ir]. The van der Waals surface area contributed by atoms with Gasteiger partial charge in [-0.05, 0) is 58.5 Å². The molecule has 0 N–H and O–H groups in total. The van der Waals surface area contributed by atoms with Gasteiger partial charge in [-0.2, -0.15) is 0 Å². The van der Waals surface area contributed by atoms with E-state index in [0.717, 1.165) is 5.52 Å². The fourth-order valence-electron chi connectivity index (χ4n) is 5.51. The Morgan fingerprint density at radius 3 is 2.79 bits per heavy atom. The van der Waals surface area contributed by atoms with Crippen molar-refractivity contribution in [1.29, 1.82) is 0 Å². The molecule has 2 aliphatic carbocycles. The van der Waals surface area contributed by atoms with Gasteiger partial charge in [0.05, 0.1) is 0 Å². The van der Waals surface area contributed by atoms with Crippen molar-refractivity contribution in [3.63, 3.8) is 0 Å². The molecule has 2 atom stereocenters. The van der Waals surface area contributed by atoms with Crippen LogP contribution in [-0.4, -0.2) is 4.98 Å². The van der Waals surface area contributed by atoms with Gasteiger partial charge in [-0.25, -0.2) is 0 Å². The number of rotatable bonds is 0. The minimum absolute atomic E-state index is 0. The van der Waals surface area contributed by atoms with Crippen LogP contribution in [0.25, 0.3) is 21.7 Å². The molecular formula is C22H22IrN-. The number of aromatic nitrogens is 1. The maximum absolute atomic E-state index is 4.91. The van der Waals surface area contributed by atoms with Crippen LogP contribution in [0, 0.1) is 18.4 Å². The molecule has 1 aromatic heterocycles. The summed E-state index contributed by atoms with van der Waals surface area (Å²) in [5.41, 5.74) is 6.15. The number of benzene rings is 2. The maximum atomic E-state index is 4.91. The molecule has 0 saturated heterocycles. The number of pyridine rings is 1. The first-order valence-electron chi connectivity index (χ1n) is 8.68. The zero-order chi connectivity index (χ0) is 16.0. The van der Waals surface area contributed by atoms with Gasteiger partial charge in [0.2, 0.25) is 0 Å². The summed E-state index contributed by atoms with van der Waals surface area (Å²) >= 11 is 0. The maximum Gasteiger partial charge on any atom is 0.0199 e. The second kappa shape index (κ2) is 4.90. The van der Waals surface area contributed by atoms with Crippen LogP contribution in [0.3, 0.4) is 0 Å². The third-order valence-electron chi connectivity index (χ3n) is 7.18. The van der Waals surface area contributed by atoms with Gasteiger partial charge in [-0.1, -0.05) is 32.4 Å². The van der Waals surface area contributed by atoms with E-state index in [1.54, 1.807) is 5.56 Å². The predicted molar refractivity (Wildman–Crippen MR) is 95.9 cm³/mol. The second-order valence-corrected chi connectivity index (χ2v) is 8.28. The molecule has 1 radical (unpaired) electrons. The number of hydrogen-bond acceptors (Lipinski definition) is 1. The van der Waals surface area contributed by atoms with Crippen LogP contribution in [-0.2, 0) is 25.5 Å². The Morgan fingerprint density at radius 1 is 1.21 bits per heavy atom. The summed E-state index contributed by atoms with van der Waals surface area (Å²) in [5.74, 6) is 0.662. The Kier molecular flexibility index (Phi) is 3.31.